The van der Waals surface area contributed by atoms with Gasteiger partial charge in [-0.2, -0.15) is 0 Å². The predicted molar refractivity (Wildman–Crippen MR) is 244 cm³/mol. The number of hydrogen-bond donors (Lipinski definition) is 3. The van der Waals surface area contributed by atoms with Crippen LogP contribution < -0.4 is 4.89 Å². The Labute approximate surface area is 373 Å². The quantitative estimate of drug-likeness (QED) is 0.0180. The number of aliphatic hydroxyl groups is 3. The van der Waals surface area contributed by atoms with Crippen LogP contribution in [0.25, 0.3) is 0 Å². The molecule has 0 spiro atoms. The number of phosphoric acid groups is 1. The Morgan fingerprint density at radius 3 is 2.10 bits per heavy atom. The molecule has 1 aliphatic rings. The van der Waals surface area contributed by atoms with Crippen LogP contribution in [0.3, 0.4) is 0 Å². The minimum Gasteiger partial charge on any atom is -0.756 e. The zero-order valence-corrected chi connectivity index (χ0v) is 39.5. The number of carbonyl (C=O) groups excluding carboxylic acids is 2. The third-order valence-electron chi connectivity index (χ3n) is 10.0. The lowest BCUT2D eigenvalue weighted by Gasteiger charge is -2.36. The predicted octanol–water partition coefficient (Wildman–Crippen LogP) is 8.49. The summed E-state index contributed by atoms with van der Waals surface area (Å²) in [5.74, 6) is -1.38. The molecule has 0 saturated carbocycles. The second-order valence-corrected chi connectivity index (χ2v) is 18.3. The third kappa shape index (κ3) is 32.9. The highest BCUT2D eigenvalue weighted by atomic mass is 31.2. The van der Waals surface area contributed by atoms with Gasteiger partial charge in [-0.15, -0.1) is 0 Å². The van der Waals surface area contributed by atoms with Crippen molar-refractivity contribution in [3.8, 4) is 0 Å². The van der Waals surface area contributed by atoms with Gasteiger partial charge in [0.2, 0.25) is 0 Å². The molecular formula is C48H82NO12P. The fourth-order valence-electron chi connectivity index (χ4n) is 6.33. The zero-order valence-electron chi connectivity index (χ0n) is 38.6. The van der Waals surface area contributed by atoms with E-state index in [1.54, 1.807) is 12.2 Å². The number of aliphatic hydroxyl groups excluding tert-OH is 3. The van der Waals surface area contributed by atoms with Crippen molar-refractivity contribution in [3.05, 3.63) is 72.9 Å². The number of esters is 2. The highest BCUT2D eigenvalue weighted by Crippen LogP contribution is 2.38. The van der Waals surface area contributed by atoms with Crippen LogP contribution in [0, 0.1) is 5.92 Å². The van der Waals surface area contributed by atoms with Gasteiger partial charge < -0.3 is 48.0 Å². The van der Waals surface area contributed by atoms with Crippen LogP contribution in [0.5, 0.6) is 0 Å². The van der Waals surface area contributed by atoms with Crippen LogP contribution >= 0.6 is 7.82 Å². The van der Waals surface area contributed by atoms with Crippen LogP contribution in [0.2, 0.25) is 0 Å². The van der Waals surface area contributed by atoms with E-state index >= 15 is 0 Å². The number of likely N-dealkylation sites (N-methyl/N-ethyl adjacent to an activating group) is 1. The van der Waals surface area contributed by atoms with E-state index in [1.807, 2.05) is 33.3 Å². The second kappa shape index (κ2) is 35.6. The lowest BCUT2D eigenvalue weighted by atomic mass is 9.87. The van der Waals surface area contributed by atoms with Crippen LogP contribution in [0.15, 0.2) is 72.9 Å². The molecule has 0 aromatic carbocycles. The van der Waals surface area contributed by atoms with Gasteiger partial charge in [-0.05, 0) is 70.6 Å². The summed E-state index contributed by atoms with van der Waals surface area (Å²) < 4.78 is 39.5. The molecule has 0 amide bonds. The maximum absolute atomic E-state index is 12.7. The first kappa shape index (κ1) is 57.3. The molecule has 7 atom stereocenters. The Hall–Kier alpha value is -2.71. The molecule has 356 valence electrons. The molecule has 2 unspecified atom stereocenters. The number of quaternary nitrogens is 1. The monoisotopic (exact) mass is 896 g/mol. The molecule has 1 heterocycles. The van der Waals surface area contributed by atoms with Crippen molar-refractivity contribution in [1.29, 1.82) is 0 Å². The van der Waals surface area contributed by atoms with E-state index in [1.165, 1.54) is 0 Å². The van der Waals surface area contributed by atoms with Crippen molar-refractivity contribution in [2.45, 2.75) is 167 Å². The smallest absolute Gasteiger partial charge is 0.306 e. The zero-order chi connectivity index (χ0) is 45.9. The highest BCUT2D eigenvalue weighted by molar-refractivity contribution is 7.45. The molecular weight excluding hydrogens is 813 g/mol. The third-order valence-corrected chi connectivity index (χ3v) is 11.0. The van der Waals surface area contributed by atoms with Crippen LogP contribution in [-0.4, -0.2) is 110 Å². The van der Waals surface area contributed by atoms with E-state index in [4.69, 9.17) is 23.3 Å². The molecule has 1 rings (SSSR count). The average Bonchev–Trinajstić information content (AvgIpc) is 3.20. The summed E-state index contributed by atoms with van der Waals surface area (Å²) >= 11 is 0. The van der Waals surface area contributed by atoms with Crippen molar-refractivity contribution in [2.24, 2.45) is 5.92 Å². The molecule has 0 aliphatic carbocycles. The Bertz CT molecular complexity index is 1400. The van der Waals surface area contributed by atoms with Crippen molar-refractivity contribution in [2.75, 3.05) is 47.5 Å². The fourth-order valence-corrected chi connectivity index (χ4v) is 7.06. The number of nitrogens with zero attached hydrogens (tertiary/aromatic N) is 1. The molecule has 1 fully saturated rings. The average molecular weight is 896 g/mol. The number of allylic oxidation sites excluding steroid dienone is 10. The first-order valence-electron chi connectivity index (χ1n) is 23.0. The van der Waals surface area contributed by atoms with Gasteiger partial charge in [0.05, 0.1) is 46.1 Å². The normalized spacial score (nSPS) is 20.9. The first-order chi connectivity index (χ1) is 29.7. The van der Waals surface area contributed by atoms with E-state index < -0.39 is 57.1 Å². The summed E-state index contributed by atoms with van der Waals surface area (Å²) in [5.41, 5.74) is 0. The SMILES string of the molecule is CC/C=C\C/C=C\C/C=C\C/C=C\CCCCCCC(=O)O[C@H](COC(=O)CCC/C=C\C[C@H]1[C@@H](O)CC(O)O[C@@H]1/C=C/[C@@H](O)CCCCC)COP(=O)([O-])OCC[N+](C)(C)C. The minimum absolute atomic E-state index is 0.0730. The number of carbonyl (C=O) groups is 2. The molecule has 13 nitrogen and oxygen atoms in total. The topological polar surface area (TPSA) is 181 Å². The Morgan fingerprint density at radius 1 is 0.790 bits per heavy atom. The molecule has 1 aliphatic heterocycles. The van der Waals surface area contributed by atoms with Crippen molar-refractivity contribution in [3.63, 3.8) is 0 Å². The van der Waals surface area contributed by atoms with Gasteiger partial charge in [-0.25, -0.2) is 0 Å². The number of hydrogen-bond acceptors (Lipinski definition) is 12. The lowest BCUT2D eigenvalue weighted by molar-refractivity contribution is -0.870. The van der Waals surface area contributed by atoms with E-state index in [0.29, 0.717) is 43.1 Å². The van der Waals surface area contributed by atoms with E-state index in [0.717, 1.165) is 70.6 Å². The largest absolute Gasteiger partial charge is 0.756 e. The van der Waals surface area contributed by atoms with Crippen LogP contribution in [0.4, 0.5) is 0 Å². The van der Waals surface area contributed by atoms with Crippen LogP contribution in [-0.2, 0) is 37.4 Å². The van der Waals surface area contributed by atoms with Gasteiger partial charge >= 0.3 is 11.9 Å². The summed E-state index contributed by atoms with van der Waals surface area (Å²) in [6, 6.07) is 0. The molecule has 1 saturated heterocycles. The summed E-state index contributed by atoms with van der Waals surface area (Å²) in [6.07, 6.45) is 34.1. The number of ether oxygens (including phenoxy) is 3. The summed E-state index contributed by atoms with van der Waals surface area (Å²) in [5, 5.41) is 31.0. The van der Waals surface area contributed by atoms with E-state index in [2.05, 4.69) is 62.5 Å². The van der Waals surface area contributed by atoms with Crippen molar-refractivity contribution in [1.82, 2.24) is 0 Å². The van der Waals surface area contributed by atoms with Gasteiger partial charge in [-0.3, -0.25) is 14.2 Å². The van der Waals surface area contributed by atoms with E-state index in [9.17, 15) is 34.4 Å². The van der Waals surface area contributed by atoms with Gasteiger partial charge in [-0.1, -0.05) is 119 Å². The Kier molecular flexibility index (Phi) is 32.9. The first-order valence-corrected chi connectivity index (χ1v) is 24.5. The van der Waals surface area contributed by atoms with Gasteiger partial charge in [0, 0.05) is 25.2 Å². The van der Waals surface area contributed by atoms with Crippen molar-refractivity contribution < 1.29 is 62.1 Å². The number of phosphoric ester groups is 1. The maximum atomic E-state index is 12.7. The molecule has 0 radical (unpaired) electrons. The summed E-state index contributed by atoms with van der Waals surface area (Å²) in [7, 11) is 0.985. The molecule has 0 aromatic rings. The Morgan fingerprint density at radius 2 is 1.42 bits per heavy atom. The molecule has 0 aromatic heterocycles. The van der Waals surface area contributed by atoms with E-state index in [-0.39, 0.29) is 38.4 Å². The number of rotatable bonds is 36. The standard InChI is InChI=1S/C48H82NO12P/c1-6-8-10-11-12-13-14-15-16-17-18-19-20-21-22-23-29-33-47(53)60-42(40-59-62(55,56)58-37-36-49(3,4)5)39-57-46(52)32-28-25-24-27-31-43-44(51)38-48(54)61-45(43)35-34-41(50)30-26-9-7-2/h8,10,12-13,15-16,18-19,24,27,34-35,41-45,48,50-51,54H,6-7,9,11,14,17,20-23,25-26,28-33,36-40H2,1-5H3/b10-8-,13-12-,16-15-,19-18-,27-24-,35-34+/t41-,42+,43-,44-,45+,48?/m0/s1. The summed E-state index contributed by atoms with van der Waals surface area (Å²) in [4.78, 5) is 37.8. The van der Waals surface area contributed by atoms with Gasteiger partial charge in [0.25, 0.3) is 7.82 Å². The van der Waals surface area contributed by atoms with Crippen LogP contribution in [0.1, 0.15) is 136 Å². The lowest BCUT2D eigenvalue weighted by Crippen LogP contribution is -2.43. The maximum Gasteiger partial charge on any atom is 0.306 e. The molecule has 3 N–H and O–H groups in total. The minimum atomic E-state index is -4.71. The van der Waals surface area contributed by atoms with Gasteiger partial charge in [0.1, 0.15) is 19.8 Å². The molecule has 14 heteroatoms. The number of unbranched alkanes of at least 4 members (excludes halogenated alkanes) is 7. The Balaban J connectivity index is 2.54. The van der Waals surface area contributed by atoms with Crippen molar-refractivity contribution >= 4 is 19.8 Å². The molecule has 0 bridgehead atoms. The van der Waals surface area contributed by atoms with Gasteiger partial charge in [0.15, 0.2) is 12.4 Å². The second-order valence-electron chi connectivity index (χ2n) is 16.9. The fraction of sp³-hybridized carbons (Fsp3) is 0.708. The highest BCUT2D eigenvalue weighted by Gasteiger charge is 2.35. The molecule has 62 heavy (non-hydrogen) atoms. The summed E-state index contributed by atoms with van der Waals surface area (Å²) in [6.45, 7) is 3.64.